The third-order valence-electron chi connectivity index (χ3n) is 2.60. The fraction of sp³-hybridized carbons (Fsp3) is 0.556. The van der Waals surface area contributed by atoms with E-state index in [0.717, 1.165) is 19.5 Å². The van der Waals surface area contributed by atoms with Gasteiger partial charge in [0.25, 0.3) is 0 Å². The SMILES string of the molecule is CC(=O)N1CC[C@@H](n2cc(N)cn2)C1. The predicted molar refractivity (Wildman–Crippen MR) is 52.5 cm³/mol. The third kappa shape index (κ3) is 1.57. The summed E-state index contributed by atoms with van der Waals surface area (Å²) in [7, 11) is 0. The smallest absolute Gasteiger partial charge is 0.219 e. The minimum atomic E-state index is 0.132. The van der Waals surface area contributed by atoms with Crippen molar-refractivity contribution in [1.29, 1.82) is 0 Å². The van der Waals surface area contributed by atoms with Crippen LogP contribution in [0.4, 0.5) is 5.69 Å². The molecule has 0 unspecified atom stereocenters. The highest BCUT2D eigenvalue weighted by Gasteiger charge is 2.25. The summed E-state index contributed by atoms with van der Waals surface area (Å²) >= 11 is 0. The van der Waals surface area contributed by atoms with Gasteiger partial charge in [-0.3, -0.25) is 9.48 Å². The van der Waals surface area contributed by atoms with Gasteiger partial charge >= 0.3 is 0 Å². The minimum absolute atomic E-state index is 0.132. The van der Waals surface area contributed by atoms with Crippen LogP contribution in [0.5, 0.6) is 0 Å². The number of nitrogens with two attached hydrogens (primary N) is 1. The normalized spacial score (nSPS) is 21.5. The number of carbonyl (C=O) groups excluding carboxylic acids is 1. The van der Waals surface area contributed by atoms with Gasteiger partial charge in [-0.2, -0.15) is 5.10 Å². The van der Waals surface area contributed by atoms with E-state index in [-0.39, 0.29) is 11.9 Å². The zero-order valence-corrected chi connectivity index (χ0v) is 8.18. The van der Waals surface area contributed by atoms with Crippen LogP contribution in [0.2, 0.25) is 0 Å². The lowest BCUT2D eigenvalue weighted by molar-refractivity contribution is -0.127. The van der Waals surface area contributed by atoms with E-state index in [0.29, 0.717) is 5.69 Å². The topological polar surface area (TPSA) is 64.2 Å². The molecule has 76 valence electrons. The van der Waals surface area contributed by atoms with Gasteiger partial charge in [0.2, 0.25) is 5.91 Å². The van der Waals surface area contributed by atoms with Crippen molar-refractivity contribution in [3.63, 3.8) is 0 Å². The molecule has 1 aromatic rings. The highest BCUT2D eigenvalue weighted by atomic mass is 16.2. The third-order valence-corrected chi connectivity index (χ3v) is 2.60. The average molecular weight is 194 g/mol. The molecule has 1 amide bonds. The molecule has 1 fully saturated rings. The summed E-state index contributed by atoms with van der Waals surface area (Å²) in [5.74, 6) is 0.132. The van der Waals surface area contributed by atoms with Crippen molar-refractivity contribution < 1.29 is 4.79 Å². The van der Waals surface area contributed by atoms with E-state index in [1.165, 1.54) is 0 Å². The van der Waals surface area contributed by atoms with Crippen LogP contribution in [0, 0.1) is 0 Å². The first-order valence-corrected chi connectivity index (χ1v) is 4.72. The van der Waals surface area contributed by atoms with E-state index in [1.54, 1.807) is 13.1 Å². The fourth-order valence-electron chi connectivity index (χ4n) is 1.80. The Balaban J connectivity index is 2.05. The Bertz CT molecular complexity index is 346. The number of carbonyl (C=O) groups is 1. The molecule has 2 heterocycles. The molecule has 1 aliphatic rings. The number of hydrogen-bond acceptors (Lipinski definition) is 3. The maximum Gasteiger partial charge on any atom is 0.219 e. The molecule has 0 aliphatic carbocycles. The van der Waals surface area contributed by atoms with Crippen LogP contribution in [-0.4, -0.2) is 33.7 Å². The number of nitrogens with zero attached hydrogens (tertiary/aromatic N) is 3. The number of aromatic nitrogens is 2. The summed E-state index contributed by atoms with van der Waals surface area (Å²) in [4.78, 5) is 12.9. The van der Waals surface area contributed by atoms with Crippen molar-refractivity contribution in [1.82, 2.24) is 14.7 Å². The lowest BCUT2D eigenvalue weighted by atomic mass is 10.3. The molecule has 1 aromatic heterocycles. The Kier molecular flexibility index (Phi) is 2.15. The van der Waals surface area contributed by atoms with Crippen molar-refractivity contribution >= 4 is 11.6 Å². The molecular weight excluding hydrogens is 180 g/mol. The van der Waals surface area contributed by atoms with E-state index in [4.69, 9.17) is 5.73 Å². The molecule has 5 nitrogen and oxygen atoms in total. The van der Waals surface area contributed by atoms with Crippen molar-refractivity contribution in [2.75, 3.05) is 18.8 Å². The van der Waals surface area contributed by atoms with Gasteiger partial charge in [0.1, 0.15) is 0 Å². The highest BCUT2D eigenvalue weighted by molar-refractivity contribution is 5.73. The monoisotopic (exact) mass is 194 g/mol. The summed E-state index contributed by atoms with van der Waals surface area (Å²) in [6.07, 6.45) is 4.41. The van der Waals surface area contributed by atoms with Crippen LogP contribution in [0.1, 0.15) is 19.4 Å². The van der Waals surface area contributed by atoms with Gasteiger partial charge in [-0.15, -0.1) is 0 Å². The van der Waals surface area contributed by atoms with E-state index in [1.807, 2.05) is 15.8 Å². The zero-order chi connectivity index (χ0) is 10.1. The van der Waals surface area contributed by atoms with Crippen LogP contribution in [0.3, 0.4) is 0 Å². The van der Waals surface area contributed by atoms with E-state index < -0.39 is 0 Å². The number of anilines is 1. The van der Waals surface area contributed by atoms with Gasteiger partial charge < -0.3 is 10.6 Å². The summed E-state index contributed by atoms with van der Waals surface area (Å²) in [5, 5.41) is 4.15. The number of rotatable bonds is 1. The maximum atomic E-state index is 11.1. The fourth-order valence-corrected chi connectivity index (χ4v) is 1.80. The second kappa shape index (κ2) is 3.32. The van der Waals surface area contributed by atoms with Gasteiger partial charge in [0.05, 0.1) is 17.9 Å². The first kappa shape index (κ1) is 9.05. The lowest BCUT2D eigenvalue weighted by Crippen LogP contribution is -2.26. The van der Waals surface area contributed by atoms with Crippen LogP contribution >= 0.6 is 0 Å². The Labute approximate surface area is 82.5 Å². The van der Waals surface area contributed by atoms with Gasteiger partial charge in [-0.05, 0) is 6.42 Å². The molecular formula is C9H14N4O. The molecule has 0 spiro atoms. The minimum Gasteiger partial charge on any atom is -0.396 e. The molecule has 1 atom stereocenters. The Morgan fingerprint density at radius 3 is 3.00 bits per heavy atom. The Morgan fingerprint density at radius 2 is 2.50 bits per heavy atom. The average Bonchev–Trinajstić information content (AvgIpc) is 2.70. The van der Waals surface area contributed by atoms with Crippen molar-refractivity contribution in [3.8, 4) is 0 Å². The van der Waals surface area contributed by atoms with Gasteiger partial charge in [0, 0.05) is 26.2 Å². The first-order valence-electron chi connectivity index (χ1n) is 4.72. The molecule has 0 radical (unpaired) electrons. The maximum absolute atomic E-state index is 11.1. The lowest BCUT2D eigenvalue weighted by Gasteiger charge is -2.13. The molecule has 2 N–H and O–H groups in total. The molecule has 1 saturated heterocycles. The molecule has 1 aliphatic heterocycles. The Morgan fingerprint density at radius 1 is 1.71 bits per heavy atom. The molecule has 14 heavy (non-hydrogen) atoms. The molecule has 0 saturated carbocycles. The number of hydrogen-bond donors (Lipinski definition) is 1. The van der Waals surface area contributed by atoms with E-state index in [2.05, 4.69) is 5.10 Å². The molecule has 5 heteroatoms. The molecule has 0 aromatic carbocycles. The molecule has 0 bridgehead atoms. The van der Waals surface area contributed by atoms with Crippen LogP contribution in [0.15, 0.2) is 12.4 Å². The Hall–Kier alpha value is -1.52. The summed E-state index contributed by atoms with van der Waals surface area (Å²) in [5.41, 5.74) is 6.25. The number of amides is 1. The number of likely N-dealkylation sites (tertiary alicyclic amines) is 1. The summed E-state index contributed by atoms with van der Waals surface area (Å²) in [6.45, 7) is 3.16. The quantitative estimate of drug-likeness (QED) is 0.697. The van der Waals surface area contributed by atoms with Crippen molar-refractivity contribution in [2.24, 2.45) is 0 Å². The second-order valence-corrected chi connectivity index (χ2v) is 3.66. The second-order valence-electron chi connectivity index (χ2n) is 3.66. The van der Waals surface area contributed by atoms with Crippen LogP contribution < -0.4 is 5.73 Å². The summed E-state index contributed by atoms with van der Waals surface area (Å²) in [6, 6.07) is 0.288. The number of nitrogen functional groups attached to an aromatic ring is 1. The van der Waals surface area contributed by atoms with Gasteiger partial charge in [-0.25, -0.2) is 0 Å². The van der Waals surface area contributed by atoms with Gasteiger partial charge in [-0.1, -0.05) is 0 Å². The van der Waals surface area contributed by atoms with E-state index in [9.17, 15) is 4.79 Å². The van der Waals surface area contributed by atoms with Gasteiger partial charge in [0.15, 0.2) is 0 Å². The highest BCUT2D eigenvalue weighted by Crippen LogP contribution is 2.21. The largest absolute Gasteiger partial charge is 0.396 e. The zero-order valence-electron chi connectivity index (χ0n) is 8.18. The predicted octanol–water partition coefficient (Wildman–Crippen LogP) is 0.259. The van der Waals surface area contributed by atoms with Crippen molar-refractivity contribution in [2.45, 2.75) is 19.4 Å². The van der Waals surface area contributed by atoms with Crippen molar-refractivity contribution in [3.05, 3.63) is 12.4 Å². The van der Waals surface area contributed by atoms with Crippen LogP contribution in [0.25, 0.3) is 0 Å². The van der Waals surface area contributed by atoms with E-state index >= 15 is 0 Å². The molecule has 2 rings (SSSR count). The first-order chi connectivity index (χ1) is 6.66. The van der Waals surface area contributed by atoms with Crippen LogP contribution in [-0.2, 0) is 4.79 Å². The summed E-state index contributed by atoms with van der Waals surface area (Å²) < 4.78 is 1.85. The standard InChI is InChI=1S/C9H14N4O/c1-7(14)12-3-2-9(6-12)13-5-8(10)4-11-13/h4-5,9H,2-3,6,10H2,1H3/t9-/m1/s1.